The zero-order chi connectivity index (χ0) is 15.2. The van der Waals surface area contributed by atoms with Crippen LogP contribution in [0.25, 0.3) is 0 Å². The molecule has 1 saturated carbocycles. The molecule has 0 heterocycles. The Morgan fingerprint density at radius 2 is 1.76 bits per heavy atom. The molecule has 4 nitrogen and oxygen atoms in total. The van der Waals surface area contributed by atoms with Gasteiger partial charge in [0.25, 0.3) is 0 Å². The summed E-state index contributed by atoms with van der Waals surface area (Å²) in [4.78, 5) is 23.9. The molecule has 2 rings (SSSR count). The Morgan fingerprint density at radius 1 is 1.10 bits per heavy atom. The Balaban J connectivity index is 1.88. The maximum Gasteiger partial charge on any atom is 0.313 e. The van der Waals surface area contributed by atoms with Gasteiger partial charge in [0, 0.05) is 11.7 Å². The van der Waals surface area contributed by atoms with Crippen LogP contribution >= 0.6 is 0 Å². The highest BCUT2D eigenvalue weighted by Gasteiger charge is 2.25. The number of rotatable bonds is 3. The largest absolute Gasteiger partial charge is 0.345 e. The summed E-state index contributed by atoms with van der Waals surface area (Å²) in [6.45, 7) is 4.21. The van der Waals surface area contributed by atoms with E-state index >= 15 is 0 Å². The lowest BCUT2D eigenvalue weighted by molar-refractivity contribution is -0.137. The Hall–Kier alpha value is -1.84. The third kappa shape index (κ3) is 4.31. The summed E-state index contributed by atoms with van der Waals surface area (Å²) < 4.78 is 0. The molecule has 2 N–H and O–H groups in total. The fourth-order valence-corrected chi connectivity index (χ4v) is 2.78. The van der Waals surface area contributed by atoms with E-state index in [4.69, 9.17) is 0 Å². The molecular weight excluding hydrogens is 264 g/mol. The van der Waals surface area contributed by atoms with E-state index in [1.165, 1.54) is 12.0 Å². The molecule has 4 heteroatoms. The van der Waals surface area contributed by atoms with Crippen LogP contribution in [0.3, 0.4) is 0 Å². The molecule has 1 aliphatic carbocycles. The van der Waals surface area contributed by atoms with Crippen LogP contribution in [0.4, 0.5) is 5.69 Å². The molecule has 0 saturated heterocycles. The fourth-order valence-electron chi connectivity index (χ4n) is 2.78. The van der Waals surface area contributed by atoms with Crippen LogP contribution in [-0.4, -0.2) is 17.9 Å². The van der Waals surface area contributed by atoms with Crippen molar-refractivity contribution < 1.29 is 9.59 Å². The number of hydrogen-bond donors (Lipinski definition) is 2. The molecule has 2 atom stereocenters. The minimum atomic E-state index is -0.586. The first-order valence-corrected chi connectivity index (χ1v) is 7.81. The van der Waals surface area contributed by atoms with Gasteiger partial charge in [0.15, 0.2) is 0 Å². The lowest BCUT2D eigenvalue weighted by atomic mass is 9.86. The predicted molar refractivity (Wildman–Crippen MR) is 84.0 cm³/mol. The van der Waals surface area contributed by atoms with Crippen molar-refractivity contribution in [2.75, 3.05) is 5.32 Å². The van der Waals surface area contributed by atoms with E-state index in [9.17, 15) is 9.59 Å². The van der Waals surface area contributed by atoms with Crippen molar-refractivity contribution in [3.05, 3.63) is 29.8 Å². The van der Waals surface area contributed by atoms with E-state index in [1.54, 1.807) is 0 Å². The summed E-state index contributed by atoms with van der Waals surface area (Å²) in [5, 5.41) is 5.51. The molecule has 0 aliphatic heterocycles. The van der Waals surface area contributed by atoms with Gasteiger partial charge in [-0.05, 0) is 42.9 Å². The van der Waals surface area contributed by atoms with Crippen LogP contribution in [0.15, 0.2) is 24.3 Å². The monoisotopic (exact) mass is 288 g/mol. The van der Waals surface area contributed by atoms with Crippen molar-refractivity contribution >= 4 is 17.5 Å². The topological polar surface area (TPSA) is 58.2 Å². The quantitative estimate of drug-likeness (QED) is 0.840. The standard InChI is InChI=1S/C17H24N2O2/c1-3-13-8-10-14(11-9-13)18-16(20)17(21)19-15-7-5-4-6-12(15)2/h8-12,15H,3-7H2,1-2H3,(H,18,20)(H,19,21). The van der Waals surface area contributed by atoms with Crippen molar-refractivity contribution in [2.24, 2.45) is 5.92 Å². The minimum absolute atomic E-state index is 0.125. The number of hydrogen-bond acceptors (Lipinski definition) is 2. The van der Waals surface area contributed by atoms with E-state index in [1.807, 2.05) is 24.3 Å². The molecule has 1 fully saturated rings. The molecule has 1 aromatic rings. The van der Waals surface area contributed by atoms with Gasteiger partial charge in [0.2, 0.25) is 0 Å². The summed E-state index contributed by atoms with van der Waals surface area (Å²) in [5.74, 6) is -0.676. The van der Waals surface area contributed by atoms with Crippen molar-refractivity contribution in [3.8, 4) is 0 Å². The van der Waals surface area contributed by atoms with Gasteiger partial charge in [0.05, 0.1) is 0 Å². The molecule has 0 bridgehead atoms. The Kier molecular flexibility index (Phi) is 5.37. The SMILES string of the molecule is CCc1ccc(NC(=O)C(=O)NC2CCCCC2C)cc1. The normalized spacial score (nSPS) is 21.6. The summed E-state index contributed by atoms with van der Waals surface area (Å²) in [5.41, 5.74) is 1.86. The van der Waals surface area contributed by atoms with Gasteiger partial charge in [-0.1, -0.05) is 38.8 Å². The van der Waals surface area contributed by atoms with Crippen LogP contribution in [0.2, 0.25) is 0 Å². The number of carbonyl (C=O) groups excluding carboxylic acids is 2. The van der Waals surface area contributed by atoms with E-state index < -0.39 is 11.8 Å². The van der Waals surface area contributed by atoms with Crippen molar-refractivity contribution in [2.45, 2.75) is 52.0 Å². The van der Waals surface area contributed by atoms with Gasteiger partial charge < -0.3 is 10.6 Å². The number of benzene rings is 1. The molecule has 1 aliphatic rings. The highest BCUT2D eigenvalue weighted by molar-refractivity contribution is 6.39. The lowest BCUT2D eigenvalue weighted by Crippen LogP contribution is -2.45. The number of amides is 2. The maximum absolute atomic E-state index is 12.0. The lowest BCUT2D eigenvalue weighted by Gasteiger charge is -2.29. The van der Waals surface area contributed by atoms with Gasteiger partial charge in [0.1, 0.15) is 0 Å². The van der Waals surface area contributed by atoms with Gasteiger partial charge in [-0.25, -0.2) is 0 Å². The summed E-state index contributed by atoms with van der Waals surface area (Å²) in [6, 6.07) is 7.69. The second-order valence-corrected chi connectivity index (χ2v) is 5.85. The van der Waals surface area contributed by atoms with Crippen LogP contribution in [-0.2, 0) is 16.0 Å². The minimum Gasteiger partial charge on any atom is -0.345 e. The molecule has 0 radical (unpaired) electrons. The van der Waals surface area contributed by atoms with Crippen LogP contribution < -0.4 is 10.6 Å². The van der Waals surface area contributed by atoms with Crippen molar-refractivity contribution in [1.29, 1.82) is 0 Å². The van der Waals surface area contributed by atoms with Crippen LogP contribution in [0, 0.1) is 5.92 Å². The second-order valence-electron chi connectivity index (χ2n) is 5.85. The third-order valence-electron chi connectivity index (χ3n) is 4.25. The average molecular weight is 288 g/mol. The second kappa shape index (κ2) is 7.25. The van der Waals surface area contributed by atoms with Crippen molar-refractivity contribution in [1.82, 2.24) is 5.32 Å². The number of anilines is 1. The van der Waals surface area contributed by atoms with Crippen LogP contribution in [0.5, 0.6) is 0 Å². The van der Waals surface area contributed by atoms with E-state index in [2.05, 4.69) is 24.5 Å². The number of carbonyl (C=O) groups is 2. The van der Waals surface area contributed by atoms with Gasteiger partial charge in [-0.2, -0.15) is 0 Å². The molecule has 21 heavy (non-hydrogen) atoms. The van der Waals surface area contributed by atoms with E-state index in [0.29, 0.717) is 11.6 Å². The molecule has 2 unspecified atom stereocenters. The predicted octanol–water partition coefficient (Wildman–Crippen LogP) is 2.88. The first-order chi connectivity index (χ1) is 10.1. The van der Waals surface area contributed by atoms with Gasteiger partial charge >= 0.3 is 11.8 Å². The zero-order valence-corrected chi connectivity index (χ0v) is 12.8. The van der Waals surface area contributed by atoms with Gasteiger partial charge in [-0.3, -0.25) is 9.59 Å². The van der Waals surface area contributed by atoms with E-state index in [-0.39, 0.29) is 6.04 Å². The molecule has 1 aromatic carbocycles. The molecular formula is C17H24N2O2. The molecule has 2 amide bonds. The molecule has 114 valence electrons. The highest BCUT2D eigenvalue weighted by Crippen LogP contribution is 2.23. The highest BCUT2D eigenvalue weighted by atomic mass is 16.2. The number of nitrogens with one attached hydrogen (secondary N) is 2. The van der Waals surface area contributed by atoms with Crippen LogP contribution in [0.1, 0.15) is 45.1 Å². The summed E-state index contributed by atoms with van der Waals surface area (Å²) in [7, 11) is 0. The Bertz CT molecular complexity index is 496. The number of aryl methyl sites for hydroxylation is 1. The smallest absolute Gasteiger partial charge is 0.313 e. The van der Waals surface area contributed by atoms with Crippen molar-refractivity contribution in [3.63, 3.8) is 0 Å². The summed E-state index contributed by atoms with van der Waals surface area (Å²) >= 11 is 0. The first-order valence-electron chi connectivity index (χ1n) is 7.81. The Labute approximate surface area is 126 Å². The molecule has 0 spiro atoms. The molecule has 0 aromatic heterocycles. The maximum atomic E-state index is 12.0. The fraction of sp³-hybridized carbons (Fsp3) is 0.529. The first kappa shape index (κ1) is 15.5. The Morgan fingerprint density at radius 3 is 2.38 bits per heavy atom. The third-order valence-corrected chi connectivity index (χ3v) is 4.25. The average Bonchev–Trinajstić information content (AvgIpc) is 2.50. The van der Waals surface area contributed by atoms with E-state index in [0.717, 1.165) is 25.7 Å². The zero-order valence-electron chi connectivity index (χ0n) is 12.8. The van der Waals surface area contributed by atoms with Gasteiger partial charge in [-0.15, -0.1) is 0 Å². The summed E-state index contributed by atoms with van der Waals surface area (Å²) in [6.07, 6.45) is 5.36.